The van der Waals surface area contributed by atoms with E-state index in [1.807, 2.05) is 0 Å². The van der Waals surface area contributed by atoms with Crippen molar-refractivity contribution in [2.24, 2.45) is 4.40 Å². The van der Waals surface area contributed by atoms with Crippen LogP contribution in [0.2, 0.25) is 0 Å². The Morgan fingerprint density at radius 3 is 3.00 bits per heavy atom. The van der Waals surface area contributed by atoms with E-state index >= 15 is 0 Å². The molecule has 0 aliphatic carbocycles. The van der Waals surface area contributed by atoms with Crippen LogP contribution < -0.4 is 10.6 Å². The summed E-state index contributed by atoms with van der Waals surface area (Å²) >= 11 is 3.46. The Morgan fingerprint density at radius 1 is 1.53 bits per heavy atom. The van der Waals surface area contributed by atoms with Gasteiger partial charge in [-0.2, -0.15) is 0 Å². The third kappa shape index (κ3) is 2.45. The van der Waals surface area contributed by atoms with Gasteiger partial charge in [0, 0.05) is 21.4 Å². The Bertz CT molecular complexity index is 558. The van der Waals surface area contributed by atoms with E-state index in [9.17, 15) is 0 Å². The number of allylic oxidation sites excluding steroid dienone is 1. The van der Waals surface area contributed by atoms with Crippen molar-refractivity contribution in [1.82, 2.24) is 0 Å². The molecular formula is C14H17NS2. The molecule has 1 aliphatic rings. The minimum absolute atomic E-state index is 1.04. The summed E-state index contributed by atoms with van der Waals surface area (Å²) in [5.74, 6) is 1.04. The minimum Gasteiger partial charge on any atom is -0.215 e. The summed E-state index contributed by atoms with van der Waals surface area (Å²) in [5, 5.41) is 2.51. The summed E-state index contributed by atoms with van der Waals surface area (Å²) in [6, 6.07) is 6.52. The lowest BCUT2D eigenvalue weighted by atomic mass is 10.1. The molecule has 1 nitrogen and oxygen atoms in total. The Balaban J connectivity index is 2.75. The van der Waals surface area contributed by atoms with Crippen molar-refractivity contribution in [1.29, 1.82) is 0 Å². The molecule has 0 saturated heterocycles. The van der Waals surface area contributed by atoms with Gasteiger partial charge in [-0.05, 0) is 37.1 Å². The summed E-state index contributed by atoms with van der Waals surface area (Å²) in [6.07, 6.45) is 5.40. The van der Waals surface area contributed by atoms with Crippen LogP contribution in [-0.2, 0) is 0 Å². The standard InChI is InChI=1S/C14H17NS2/c1-4-10-9-17-15-14-11(10)7-6-8-12(14)13(5-2)16-3/h5-8H,4,9H2,1-3H3/b13-5-. The fourth-order valence-electron chi connectivity index (χ4n) is 2.05. The highest BCUT2D eigenvalue weighted by Crippen LogP contribution is 2.23. The monoisotopic (exact) mass is 263 g/mol. The van der Waals surface area contributed by atoms with Crippen molar-refractivity contribution in [3.63, 3.8) is 0 Å². The fraction of sp³-hybridized carbons (Fsp3) is 0.357. The molecule has 1 heterocycles. The maximum absolute atomic E-state index is 4.65. The second kappa shape index (κ2) is 5.78. The van der Waals surface area contributed by atoms with Gasteiger partial charge in [-0.1, -0.05) is 31.2 Å². The molecule has 0 fully saturated rings. The lowest BCUT2D eigenvalue weighted by Gasteiger charge is -2.11. The highest BCUT2D eigenvalue weighted by molar-refractivity contribution is 8.07. The number of hydrogen-bond acceptors (Lipinski definition) is 3. The van der Waals surface area contributed by atoms with Crippen molar-refractivity contribution in [2.75, 3.05) is 12.0 Å². The SMILES string of the molecule is C/C=C(\SC)c1cccc2c1=NSCC=2CC. The molecule has 17 heavy (non-hydrogen) atoms. The Hall–Kier alpha value is -0.670. The van der Waals surface area contributed by atoms with Gasteiger partial charge in [0.2, 0.25) is 0 Å². The van der Waals surface area contributed by atoms with E-state index in [0.717, 1.165) is 12.2 Å². The fourth-order valence-corrected chi connectivity index (χ4v) is 3.58. The molecule has 0 atom stereocenters. The van der Waals surface area contributed by atoms with Gasteiger partial charge < -0.3 is 0 Å². The molecule has 0 spiro atoms. The highest BCUT2D eigenvalue weighted by Gasteiger charge is 2.09. The molecule has 0 unspecified atom stereocenters. The molecule has 0 saturated carbocycles. The molecule has 0 N–H and O–H groups in total. The molecular weight excluding hydrogens is 246 g/mol. The number of nitrogens with zero attached hydrogens (tertiary/aromatic N) is 1. The van der Waals surface area contributed by atoms with Gasteiger partial charge in [-0.25, -0.2) is 4.40 Å². The number of thioether (sulfide) groups is 1. The van der Waals surface area contributed by atoms with Crippen molar-refractivity contribution >= 4 is 34.2 Å². The van der Waals surface area contributed by atoms with Gasteiger partial charge in [-0.15, -0.1) is 11.8 Å². The van der Waals surface area contributed by atoms with Crippen LogP contribution in [-0.4, -0.2) is 12.0 Å². The first-order valence-corrected chi connectivity index (χ1v) is 8.00. The number of fused-ring (bicyclic) bond motifs is 1. The zero-order chi connectivity index (χ0) is 12.3. The highest BCUT2D eigenvalue weighted by atomic mass is 32.2. The van der Waals surface area contributed by atoms with Gasteiger partial charge in [-0.3, -0.25) is 0 Å². The van der Waals surface area contributed by atoms with Crippen LogP contribution in [0.4, 0.5) is 0 Å². The van der Waals surface area contributed by atoms with Crippen LogP contribution >= 0.6 is 23.7 Å². The molecule has 1 aromatic carbocycles. The second-order valence-electron chi connectivity index (χ2n) is 3.88. The van der Waals surface area contributed by atoms with E-state index in [-0.39, 0.29) is 0 Å². The van der Waals surface area contributed by atoms with Crippen LogP contribution in [0.1, 0.15) is 25.8 Å². The first-order chi connectivity index (χ1) is 8.31. The predicted octanol–water partition coefficient (Wildman–Crippen LogP) is 3.25. The van der Waals surface area contributed by atoms with E-state index in [1.165, 1.54) is 26.6 Å². The van der Waals surface area contributed by atoms with Crippen LogP contribution in [0.3, 0.4) is 0 Å². The number of hydrogen-bond donors (Lipinski definition) is 0. The smallest absolute Gasteiger partial charge is 0.0868 e. The molecule has 0 amide bonds. The molecule has 0 aromatic heterocycles. The molecule has 2 rings (SSSR count). The van der Waals surface area contributed by atoms with E-state index in [1.54, 1.807) is 23.7 Å². The van der Waals surface area contributed by atoms with Crippen LogP contribution in [0, 0.1) is 0 Å². The lowest BCUT2D eigenvalue weighted by Crippen LogP contribution is -2.32. The summed E-state index contributed by atoms with van der Waals surface area (Å²) in [4.78, 5) is 1.31. The molecule has 1 aliphatic heterocycles. The molecule has 90 valence electrons. The average molecular weight is 263 g/mol. The van der Waals surface area contributed by atoms with Crippen LogP contribution in [0.25, 0.3) is 10.5 Å². The first-order valence-electron chi connectivity index (χ1n) is 5.83. The van der Waals surface area contributed by atoms with Gasteiger partial charge in [0.05, 0.1) is 5.36 Å². The van der Waals surface area contributed by atoms with Crippen LogP contribution in [0.5, 0.6) is 0 Å². The largest absolute Gasteiger partial charge is 0.215 e. The predicted molar refractivity (Wildman–Crippen MR) is 80.5 cm³/mol. The lowest BCUT2D eigenvalue weighted by molar-refractivity contribution is 1.18. The van der Waals surface area contributed by atoms with E-state index in [0.29, 0.717) is 0 Å². The summed E-state index contributed by atoms with van der Waals surface area (Å²) in [6.45, 7) is 4.31. The second-order valence-corrected chi connectivity index (χ2v) is 5.46. The van der Waals surface area contributed by atoms with Crippen LogP contribution in [0.15, 0.2) is 28.7 Å². The third-order valence-electron chi connectivity index (χ3n) is 2.99. The summed E-state index contributed by atoms with van der Waals surface area (Å²) in [5.41, 5.74) is 2.79. The Morgan fingerprint density at radius 2 is 2.35 bits per heavy atom. The average Bonchev–Trinajstić information content (AvgIpc) is 2.39. The van der Waals surface area contributed by atoms with Gasteiger partial charge in [0.1, 0.15) is 0 Å². The van der Waals surface area contributed by atoms with E-state index < -0.39 is 0 Å². The molecule has 0 radical (unpaired) electrons. The normalized spacial score (nSPS) is 15.5. The zero-order valence-corrected chi connectivity index (χ0v) is 12.1. The summed E-state index contributed by atoms with van der Waals surface area (Å²) < 4.78 is 4.65. The Kier molecular flexibility index (Phi) is 4.35. The van der Waals surface area contributed by atoms with Gasteiger partial charge >= 0.3 is 0 Å². The zero-order valence-electron chi connectivity index (χ0n) is 10.5. The molecule has 0 bridgehead atoms. The third-order valence-corrected chi connectivity index (χ3v) is 4.67. The van der Waals surface area contributed by atoms with Gasteiger partial charge in [0.15, 0.2) is 0 Å². The van der Waals surface area contributed by atoms with Crippen molar-refractivity contribution in [3.8, 4) is 0 Å². The molecule has 3 heteroatoms. The van der Waals surface area contributed by atoms with Crippen molar-refractivity contribution in [2.45, 2.75) is 20.3 Å². The van der Waals surface area contributed by atoms with Crippen molar-refractivity contribution < 1.29 is 0 Å². The van der Waals surface area contributed by atoms with E-state index in [2.05, 4.69) is 48.8 Å². The maximum atomic E-state index is 4.65. The Labute approximate surface area is 111 Å². The summed E-state index contributed by atoms with van der Waals surface area (Å²) in [7, 11) is 0. The first kappa shape index (κ1) is 12.8. The number of rotatable bonds is 3. The van der Waals surface area contributed by atoms with Gasteiger partial charge in [0.25, 0.3) is 0 Å². The maximum Gasteiger partial charge on any atom is 0.0868 e. The number of benzene rings is 1. The topological polar surface area (TPSA) is 12.4 Å². The van der Waals surface area contributed by atoms with E-state index in [4.69, 9.17) is 0 Å². The molecule has 1 aromatic rings. The quantitative estimate of drug-likeness (QED) is 0.776. The minimum atomic E-state index is 1.04. The van der Waals surface area contributed by atoms with Crippen molar-refractivity contribution in [3.05, 3.63) is 40.4 Å².